The molecule has 0 aliphatic heterocycles. The number of hydrogen-bond donors (Lipinski definition) is 1. The molecule has 0 spiro atoms. The first-order valence-corrected chi connectivity index (χ1v) is 5.62. The van der Waals surface area contributed by atoms with Crippen molar-refractivity contribution in [2.24, 2.45) is 0 Å². The fourth-order valence-electron chi connectivity index (χ4n) is 1.40. The van der Waals surface area contributed by atoms with Crippen LogP contribution in [0.5, 0.6) is 5.75 Å². The third kappa shape index (κ3) is 4.68. The summed E-state index contributed by atoms with van der Waals surface area (Å²) in [4.78, 5) is 23.3. The van der Waals surface area contributed by atoms with Crippen molar-refractivity contribution in [1.29, 1.82) is 0 Å². The van der Waals surface area contributed by atoms with Gasteiger partial charge in [0.25, 0.3) is 5.91 Å². The Bertz CT molecular complexity index is 519. The lowest BCUT2D eigenvalue weighted by Gasteiger charge is -2.19. The van der Waals surface area contributed by atoms with Crippen LogP contribution >= 0.6 is 0 Å². The molecule has 0 saturated carbocycles. The van der Waals surface area contributed by atoms with E-state index in [2.05, 4.69) is 6.58 Å². The summed E-state index contributed by atoms with van der Waals surface area (Å²) in [5, 5.41) is 8.65. The number of aliphatic carboxylic acids is 1. The zero-order valence-corrected chi connectivity index (χ0v) is 10.5. The lowest BCUT2D eigenvalue weighted by molar-refractivity contribution is -0.144. The van der Waals surface area contributed by atoms with Gasteiger partial charge in [0, 0.05) is 12.6 Å². The maximum Gasteiger partial charge on any atom is 0.323 e. The molecule has 1 N–H and O–H groups in total. The van der Waals surface area contributed by atoms with Crippen molar-refractivity contribution < 1.29 is 28.2 Å². The number of ether oxygens (including phenoxy) is 1. The average Bonchev–Trinajstić information content (AvgIpc) is 2.36. The van der Waals surface area contributed by atoms with E-state index in [0.29, 0.717) is 6.07 Å². The van der Waals surface area contributed by atoms with E-state index in [4.69, 9.17) is 9.84 Å². The number of hydrogen-bond acceptors (Lipinski definition) is 3. The monoisotopic (exact) mass is 285 g/mol. The second kappa shape index (κ2) is 7.22. The van der Waals surface area contributed by atoms with E-state index in [9.17, 15) is 18.4 Å². The summed E-state index contributed by atoms with van der Waals surface area (Å²) in [6.45, 7) is 2.37. The Labute approximate surface area is 114 Å². The number of carboxylic acid groups (broad SMARTS) is 1. The molecular weight excluding hydrogens is 272 g/mol. The average molecular weight is 285 g/mol. The van der Waals surface area contributed by atoms with Crippen molar-refractivity contribution in [2.75, 3.05) is 19.7 Å². The van der Waals surface area contributed by atoms with Gasteiger partial charge in [0.1, 0.15) is 12.4 Å². The van der Waals surface area contributed by atoms with E-state index in [1.54, 1.807) is 0 Å². The van der Waals surface area contributed by atoms with Gasteiger partial charge in [-0.25, -0.2) is 8.78 Å². The summed E-state index contributed by atoms with van der Waals surface area (Å²) in [5.74, 6) is -3.82. The number of benzene rings is 1. The van der Waals surface area contributed by atoms with Gasteiger partial charge >= 0.3 is 5.97 Å². The minimum absolute atomic E-state index is 0.0282. The van der Waals surface area contributed by atoms with Crippen LogP contribution in [0.4, 0.5) is 8.78 Å². The van der Waals surface area contributed by atoms with E-state index >= 15 is 0 Å². The normalized spacial score (nSPS) is 9.90. The largest absolute Gasteiger partial charge is 0.481 e. The van der Waals surface area contributed by atoms with Crippen molar-refractivity contribution in [3.8, 4) is 5.75 Å². The van der Waals surface area contributed by atoms with Crippen molar-refractivity contribution in [1.82, 2.24) is 4.90 Å². The molecule has 1 aromatic rings. The Hall–Kier alpha value is -2.44. The highest BCUT2D eigenvalue weighted by Crippen LogP contribution is 2.17. The third-order valence-corrected chi connectivity index (χ3v) is 2.27. The molecule has 0 atom stereocenters. The number of amides is 1. The van der Waals surface area contributed by atoms with E-state index in [1.807, 2.05) is 0 Å². The number of nitrogens with zero attached hydrogens (tertiary/aromatic N) is 1. The molecule has 0 unspecified atom stereocenters. The van der Waals surface area contributed by atoms with Crippen LogP contribution in [-0.4, -0.2) is 41.6 Å². The first-order valence-electron chi connectivity index (χ1n) is 5.62. The van der Waals surface area contributed by atoms with Gasteiger partial charge < -0.3 is 14.7 Å². The molecule has 0 bridgehead atoms. The van der Waals surface area contributed by atoms with Gasteiger partial charge in [0.2, 0.25) is 0 Å². The van der Waals surface area contributed by atoms with Gasteiger partial charge in [-0.2, -0.15) is 0 Å². The van der Waals surface area contributed by atoms with Gasteiger partial charge in [-0.05, 0) is 12.1 Å². The maximum absolute atomic E-state index is 13.3. The van der Waals surface area contributed by atoms with Crippen LogP contribution in [0.15, 0.2) is 30.9 Å². The predicted molar refractivity (Wildman–Crippen MR) is 66.3 cm³/mol. The lowest BCUT2D eigenvalue weighted by Crippen LogP contribution is -2.38. The van der Waals surface area contributed by atoms with Crippen LogP contribution in [0, 0.1) is 11.6 Å². The molecule has 0 aromatic heterocycles. The number of carbonyl (C=O) groups excluding carboxylic acids is 1. The second-order valence-electron chi connectivity index (χ2n) is 3.82. The summed E-state index contributed by atoms with van der Waals surface area (Å²) in [7, 11) is 0. The summed E-state index contributed by atoms with van der Waals surface area (Å²) in [6.07, 6.45) is 1.36. The summed E-state index contributed by atoms with van der Waals surface area (Å²) in [5.41, 5.74) is 0. The summed E-state index contributed by atoms with van der Waals surface area (Å²) in [6, 6.07) is 2.66. The number of carbonyl (C=O) groups is 2. The Morgan fingerprint density at radius 1 is 1.40 bits per heavy atom. The number of halogens is 2. The summed E-state index contributed by atoms with van der Waals surface area (Å²) < 4.78 is 30.8. The predicted octanol–water partition coefficient (Wildman–Crippen LogP) is 1.44. The lowest BCUT2D eigenvalue weighted by atomic mass is 10.3. The SMILES string of the molecule is C=CCN(CC(=O)O)C(=O)COc1ccc(F)cc1F. The van der Waals surface area contributed by atoms with Crippen LogP contribution in [0.2, 0.25) is 0 Å². The fourth-order valence-corrected chi connectivity index (χ4v) is 1.40. The number of carboxylic acids is 1. The van der Waals surface area contributed by atoms with Gasteiger partial charge in [-0.3, -0.25) is 9.59 Å². The van der Waals surface area contributed by atoms with Crippen molar-refractivity contribution in [3.05, 3.63) is 42.5 Å². The fraction of sp³-hybridized carbons (Fsp3) is 0.231. The second-order valence-corrected chi connectivity index (χ2v) is 3.82. The minimum atomic E-state index is -1.19. The Morgan fingerprint density at radius 3 is 2.65 bits per heavy atom. The van der Waals surface area contributed by atoms with Crippen molar-refractivity contribution in [2.45, 2.75) is 0 Å². The van der Waals surface area contributed by atoms with Gasteiger partial charge in [-0.1, -0.05) is 6.08 Å². The van der Waals surface area contributed by atoms with E-state index < -0.39 is 36.7 Å². The topological polar surface area (TPSA) is 66.8 Å². The molecule has 7 heteroatoms. The zero-order chi connectivity index (χ0) is 15.1. The number of rotatable bonds is 7. The highest BCUT2D eigenvalue weighted by molar-refractivity contribution is 5.82. The van der Waals surface area contributed by atoms with E-state index in [1.165, 1.54) is 6.08 Å². The van der Waals surface area contributed by atoms with Crippen LogP contribution < -0.4 is 4.74 Å². The molecule has 0 aliphatic rings. The Kier molecular flexibility index (Phi) is 5.64. The van der Waals surface area contributed by atoms with Gasteiger partial charge in [-0.15, -0.1) is 6.58 Å². The molecule has 0 aliphatic carbocycles. The van der Waals surface area contributed by atoms with E-state index in [-0.39, 0.29) is 12.3 Å². The molecule has 0 saturated heterocycles. The molecule has 5 nitrogen and oxygen atoms in total. The molecule has 1 amide bonds. The molecule has 0 heterocycles. The molecular formula is C13H13F2NO4. The third-order valence-electron chi connectivity index (χ3n) is 2.27. The highest BCUT2D eigenvalue weighted by Gasteiger charge is 2.16. The van der Waals surface area contributed by atoms with Gasteiger partial charge in [0.05, 0.1) is 0 Å². The quantitative estimate of drug-likeness (QED) is 0.770. The van der Waals surface area contributed by atoms with E-state index in [0.717, 1.165) is 17.0 Å². The molecule has 0 radical (unpaired) electrons. The van der Waals surface area contributed by atoms with Crippen LogP contribution in [0.25, 0.3) is 0 Å². The Morgan fingerprint density at radius 2 is 2.10 bits per heavy atom. The molecule has 1 rings (SSSR count). The van der Waals surface area contributed by atoms with Gasteiger partial charge in [0.15, 0.2) is 18.2 Å². The van der Waals surface area contributed by atoms with Crippen molar-refractivity contribution in [3.63, 3.8) is 0 Å². The standard InChI is InChI=1S/C13H13F2NO4/c1-2-5-16(7-13(18)19)12(17)8-20-11-4-3-9(14)6-10(11)15/h2-4,6H,1,5,7-8H2,(H,18,19). The minimum Gasteiger partial charge on any atom is -0.481 e. The molecule has 0 fully saturated rings. The van der Waals surface area contributed by atoms with Crippen LogP contribution in [-0.2, 0) is 9.59 Å². The first kappa shape index (κ1) is 15.6. The van der Waals surface area contributed by atoms with Crippen LogP contribution in [0.1, 0.15) is 0 Å². The van der Waals surface area contributed by atoms with Crippen molar-refractivity contribution >= 4 is 11.9 Å². The smallest absolute Gasteiger partial charge is 0.323 e. The first-order chi connectivity index (χ1) is 9.43. The Balaban J connectivity index is 2.64. The van der Waals surface area contributed by atoms with Crippen LogP contribution in [0.3, 0.4) is 0 Å². The summed E-state index contributed by atoms with van der Waals surface area (Å²) >= 11 is 0. The highest BCUT2D eigenvalue weighted by atomic mass is 19.1. The maximum atomic E-state index is 13.3. The molecule has 20 heavy (non-hydrogen) atoms. The molecule has 1 aromatic carbocycles. The zero-order valence-electron chi connectivity index (χ0n) is 10.5. The molecule has 108 valence electrons.